The van der Waals surface area contributed by atoms with Crippen LogP contribution in [-0.2, 0) is 11.3 Å². The van der Waals surface area contributed by atoms with E-state index in [4.69, 9.17) is 0 Å². The molecule has 1 atom stereocenters. The highest BCUT2D eigenvalue weighted by atomic mass is 19.1. The quantitative estimate of drug-likeness (QED) is 0.604. The van der Waals surface area contributed by atoms with E-state index in [-0.39, 0.29) is 23.5 Å². The molecule has 7 nitrogen and oxygen atoms in total. The molecule has 0 aliphatic carbocycles. The number of rotatable bonds is 5. The van der Waals surface area contributed by atoms with Crippen LogP contribution in [0.1, 0.15) is 49.7 Å². The summed E-state index contributed by atoms with van der Waals surface area (Å²) in [6.45, 7) is 7.07. The second-order valence-corrected chi connectivity index (χ2v) is 9.98. The van der Waals surface area contributed by atoms with Crippen LogP contribution in [0, 0.1) is 11.2 Å². The van der Waals surface area contributed by atoms with Crippen LogP contribution in [0.3, 0.4) is 0 Å². The van der Waals surface area contributed by atoms with E-state index >= 15 is 0 Å². The molecule has 1 aliphatic rings. The highest BCUT2D eigenvalue weighted by Gasteiger charge is 2.37. The Morgan fingerprint density at radius 2 is 1.76 bits per heavy atom. The van der Waals surface area contributed by atoms with Crippen LogP contribution in [0.15, 0.2) is 48.5 Å². The van der Waals surface area contributed by atoms with E-state index in [1.807, 2.05) is 45.0 Å². The number of hydrogen-bond acceptors (Lipinski definition) is 4. The smallest absolute Gasteiger partial charge is 0.273 e. The summed E-state index contributed by atoms with van der Waals surface area (Å²) in [7, 11) is 0. The number of amides is 2. The summed E-state index contributed by atoms with van der Waals surface area (Å²) in [4.78, 5) is 28.5. The first-order valence-corrected chi connectivity index (χ1v) is 11.6. The molecule has 1 fully saturated rings. The number of aliphatic hydroxyl groups is 1. The first-order valence-electron chi connectivity index (χ1n) is 11.6. The van der Waals surface area contributed by atoms with Gasteiger partial charge in [0, 0.05) is 18.5 Å². The summed E-state index contributed by atoms with van der Waals surface area (Å²) < 4.78 is 15.0. The molecule has 0 spiro atoms. The van der Waals surface area contributed by atoms with Gasteiger partial charge in [0.25, 0.3) is 5.91 Å². The standard InChI is InChI=1S/C26H31FN4O3/c1-26(2,3)23(25(34)30-14-12-19(32)13-15-30)28-24(33)22-20-6-4-5-7-21(20)31(29-22)16-17-8-10-18(27)11-9-17/h4-11,19,23,32H,12-16H2,1-3H3,(H,28,33). The van der Waals surface area contributed by atoms with E-state index in [1.54, 1.807) is 21.7 Å². The zero-order chi connectivity index (χ0) is 24.5. The third-order valence-electron chi connectivity index (χ3n) is 6.28. The van der Waals surface area contributed by atoms with Crippen molar-refractivity contribution in [2.24, 2.45) is 5.41 Å². The summed E-state index contributed by atoms with van der Waals surface area (Å²) >= 11 is 0. The van der Waals surface area contributed by atoms with Crippen molar-refractivity contribution in [3.63, 3.8) is 0 Å². The fraction of sp³-hybridized carbons (Fsp3) is 0.423. The van der Waals surface area contributed by atoms with Crippen LogP contribution in [0.4, 0.5) is 4.39 Å². The summed E-state index contributed by atoms with van der Waals surface area (Å²) in [6, 6.07) is 12.9. The van der Waals surface area contributed by atoms with E-state index < -0.39 is 17.4 Å². The largest absolute Gasteiger partial charge is 0.393 e. The summed E-state index contributed by atoms with van der Waals surface area (Å²) in [5.41, 5.74) is 1.36. The average Bonchev–Trinajstić information content (AvgIpc) is 3.17. The van der Waals surface area contributed by atoms with Gasteiger partial charge in [-0.15, -0.1) is 0 Å². The van der Waals surface area contributed by atoms with Crippen LogP contribution in [0.25, 0.3) is 10.9 Å². The number of para-hydroxylation sites is 1. The summed E-state index contributed by atoms with van der Waals surface area (Å²) in [5, 5.41) is 18.0. The van der Waals surface area contributed by atoms with Crippen molar-refractivity contribution >= 4 is 22.7 Å². The van der Waals surface area contributed by atoms with Crippen LogP contribution in [0.5, 0.6) is 0 Å². The Morgan fingerprint density at radius 3 is 2.41 bits per heavy atom. The lowest BCUT2D eigenvalue weighted by Crippen LogP contribution is -2.56. The number of carbonyl (C=O) groups is 2. The van der Waals surface area contributed by atoms with Crippen molar-refractivity contribution in [1.82, 2.24) is 20.0 Å². The fourth-order valence-corrected chi connectivity index (χ4v) is 4.30. The summed E-state index contributed by atoms with van der Waals surface area (Å²) in [5.74, 6) is -0.877. The first-order chi connectivity index (χ1) is 16.1. The van der Waals surface area contributed by atoms with Gasteiger partial charge in [-0.1, -0.05) is 51.1 Å². The molecule has 0 bridgehead atoms. The lowest BCUT2D eigenvalue weighted by Gasteiger charge is -2.37. The maximum atomic E-state index is 13.4. The number of hydrogen-bond donors (Lipinski definition) is 2. The van der Waals surface area contributed by atoms with Gasteiger partial charge in [-0.25, -0.2) is 4.39 Å². The third kappa shape index (κ3) is 5.12. The molecule has 8 heteroatoms. The molecule has 1 aromatic heterocycles. The minimum absolute atomic E-state index is 0.150. The Morgan fingerprint density at radius 1 is 1.12 bits per heavy atom. The Balaban J connectivity index is 1.60. The Hall–Kier alpha value is -3.26. The number of nitrogens with one attached hydrogen (secondary N) is 1. The number of aliphatic hydroxyl groups excluding tert-OH is 1. The van der Waals surface area contributed by atoms with Gasteiger partial charge in [-0.05, 0) is 42.0 Å². The first kappa shape index (κ1) is 23.9. The van der Waals surface area contributed by atoms with Crippen LogP contribution in [0.2, 0.25) is 0 Å². The number of piperidine rings is 1. The number of fused-ring (bicyclic) bond motifs is 1. The predicted octanol–water partition coefficient (Wildman–Crippen LogP) is 3.35. The molecule has 2 N–H and O–H groups in total. The van der Waals surface area contributed by atoms with Gasteiger partial charge in [-0.2, -0.15) is 5.10 Å². The van der Waals surface area contributed by atoms with E-state index in [9.17, 15) is 19.1 Å². The number of carbonyl (C=O) groups excluding carboxylic acids is 2. The molecule has 1 saturated heterocycles. The zero-order valence-corrected chi connectivity index (χ0v) is 19.8. The lowest BCUT2D eigenvalue weighted by atomic mass is 9.85. The van der Waals surface area contributed by atoms with E-state index in [0.29, 0.717) is 37.9 Å². The Kier molecular flexibility index (Phi) is 6.70. The number of nitrogens with zero attached hydrogens (tertiary/aromatic N) is 3. The van der Waals surface area contributed by atoms with Crippen molar-refractivity contribution in [3.8, 4) is 0 Å². The van der Waals surface area contributed by atoms with Gasteiger partial charge in [0.15, 0.2) is 5.69 Å². The van der Waals surface area contributed by atoms with E-state index in [0.717, 1.165) is 11.1 Å². The number of aromatic nitrogens is 2. The van der Waals surface area contributed by atoms with Gasteiger partial charge < -0.3 is 15.3 Å². The highest BCUT2D eigenvalue weighted by molar-refractivity contribution is 6.06. The minimum Gasteiger partial charge on any atom is -0.393 e. The zero-order valence-electron chi connectivity index (χ0n) is 19.8. The molecule has 1 unspecified atom stereocenters. The van der Waals surface area contributed by atoms with Crippen LogP contribution in [-0.4, -0.2) is 56.8 Å². The van der Waals surface area contributed by atoms with Gasteiger partial charge in [0.2, 0.25) is 5.91 Å². The molecule has 4 rings (SSSR count). The molecule has 0 radical (unpaired) electrons. The normalized spacial score (nSPS) is 16.0. The Bertz CT molecular complexity index is 1170. The predicted molar refractivity (Wildman–Crippen MR) is 128 cm³/mol. The van der Waals surface area contributed by atoms with E-state index in [1.165, 1.54) is 12.1 Å². The molecule has 180 valence electrons. The molecule has 1 aliphatic heterocycles. The SMILES string of the molecule is CC(C)(C)C(NC(=O)c1nn(Cc2ccc(F)cc2)c2ccccc12)C(=O)N1CCC(O)CC1. The van der Waals surface area contributed by atoms with Crippen LogP contribution >= 0.6 is 0 Å². The highest BCUT2D eigenvalue weighted by Crippen LogP contribution is 2.25. The second kappa shape index (κ2) is 9.54. The molecular weight excluding hydrogens is 435 g/mol. The topological polar surface area (TPSA) is 87.5 Å². The third-order valence-corrected chi connectivity index (χ3v) is 6.28. The molecule has 34 heavy (non-hydrogen) atoms. The number of benzene rings is 2. The second-order valence-electron chi connectivity index (χ2n) is 9.98. The summed E-state index contributed by atoms with van der Waals surface area (Å²) in [6.07, 6.45) is 0.687. The van der Waals surface area contributed by atoms with Crippen molar-refractivity contribution in [2.75, 3.05) is 13.1 Å². The molecular formula is C26H31FN4O3. The van der Waals surface area contributed by atoms with E-state index in [2.05, 4.69) is 10.4 Å². The molecule has 0 saturated carbocycles. The number of halogens is 1. The molecule has 2 amide bonds. The maximum absolute atomic E-state index is 13.4. The Labute approximate surface area is 198 Å². The minimum atomic E-state index is -0.740. The fourth-order valence-electron chi connectivity index (χ4n) is 4.30. The van der Waals surface area contributed by atoms with Crippen molar-refractivity contribution < 1.29 is 19.1 Å². The monoisotopic (exact) mass is 466 g/mol. The lowest BCUT2D eigenvalue weighted by molar-refractivity contribution is -0.137. The van der Waals surface area contributed by atoms with Gasteiger partial charge >= 0.3 is 0 Å². The van der Waals surface area contributed by atoms with Gasteiger partial charge in [0.05, 0.1) is 18.2 Å². The van der Waals surface area contributed by atoms with Crippen molar-refractivity contribution in [3.05, 3.63) is 65.6 Å². The number of likely N-dealkylation sites (tertiary alicyclic amines) is 1. The van der Waals surface area contributed by atoms with Gasteiger partial charge in [-0.3, -0.25) is 14.3 Å². The van der Waals surface area contributed by atoms with Crippen LogP contribution < -0.4 is 5.32 Å². The van der Waals surface area contributed by atoms with Gasteiger partial charge in [0.1, 0.15) is 11.9 Å². The van der Waals surface area contributed by atoms with Crippen molar-refractivity contribution in [2.45, 2.75) is 52.3 Å². The molecule has 3 aromatic rings. The average molecular weight is 467 g/mol. The molecule has 2 aromatic carbocycles. The van der Waals surface area contributed by atoms with Crippen molar-refractivity contribution in [1.29, 1.82) is 0 Å². The molecule has 2 heterocycles. The maximum Gasteiger partial charge on any atom is 0.273 e.